The molecular formula is C14H24N4O. The summed E-state index contributed by atoms with van der Waals surface area (Å²) in [7, 11) is 1.87. The lowest BCUT2D eigenvalue weighted by Gasteiger charge is -2.29. The Hall–Kier alpha value is -1.36. The molecule has 0 aliphatic carbocycles. The first kappa shape index (κ1) is 14.1. The first-order valence-electron chi connectivity index (χ1n) is 7.16. The largest absolute Gasteiger partial charge is 0.323 e. The minimum atomic E-state index is 0.0777. The van der Waals surface area contributed by atoms with Gasteiger partial charge in [-0.15, -0.1) is 0 Å². The first-order chi connectivity index (χ1) is 9.10. The summed E-state index contributed by atoms with van der Waals surface area (Å²) in [5, 5.41) is 10.8. The van der Waals surface area contributed by atoms with Crippen molar-refractivity contribution in [2.24, 2.45) is 13.0 Å². The predicted molar refractivity (Wildman–Crippen MR) is 76.0 cm³/mol. The van der Waals surface area contributed by atoms with Crippen molar-refractivity contribution in [1.29, 1.82) is 0 Å². The lowest BCUT2D eigenvalue weighted by Crippen LogP contribution is -2.42. The van der Waals surface area contributed by atoms with Crippen LogP contribution >= 0.6 is 0 Å². The van der Waals surface area contributed by atoms with E-state index in [-0.39, 0.29) is 5.91 Å². The number of carbonyl (C=O) groups is 1. The zero-order valence-corrected chi connectivity index (χ0v) is 12.1. The topological polar surface area (TPSA) is 59.0 Å². The van der Waals surface area contributed by atoms with E-state index in [0.29, 0.717) is 18.4 Å². The molecule has 0 radical (unpaired) electrons. The van der Waals surface area contributed by atoms with Crippen LogP contribution in [0.3, 0.4) is 0 Å². The van der Waals surface area contributed by atoms with E-state index in [1.807, 2.05) is 20.2 Å². The summed E-state index contributed by atoms with van der Waals surface area (Å²) in [6.45, 7) is 5.28. The standard InChI is InChI=1S/C14H24N4O/c1-4-11-13(9-18(3)17-11)16-14(19)8-12-10(2)6-5-7-15-12/h9-10,12,15H,4-8H2,1-3H3,(H,16,19). The lowest BCUT2D eigenvalue weighted by atomic mass is 9.90. The number of nitrogens with one attached hydrogen (secondary N) is 2. The highest BCUT2D eigenvalue weighted by Gasteiger charge is 2.23. The first-order valence-corrected chi connectivity index (χ1v) is 7.16. The zero-order valence-electron chi connectivity index (χ0n) is 12.1. The summed E-state index contributed by atoms with van der Waals surface area (Å²) in [4.78, 5) is 12.1. The Labute approximate surface area is 114 Å². The molecule has 0 saturated carbocycles. The number of aryl methyl sites for hydroxylation is 2. The van der Waals surface area contributed by atoms with Crippen molar-refractivity contribution in [2.75, 3.05) is 11.9 Å². The molecule has 2 unspecified atom stereocenters. The Balaban J connectivity index is 1.93. The summed E-state index contributed by atoms with van der Waals surface area (Å²) >= 11 is 0. The molecule has 5 nitrogen and oxygen atoms in total. The van der Waals surface area contributed by atoms with Crippen molar-refractivity contribution in [2.45, 2.75) is 45.6 Å². The van der Waals surface area contributed by atoms with Crippen LogP contribution in [0.15, 0.2) is 6.20 Å². The van der Waals surface area contributed by atoms with Gasteiger partial charge in [0.1, 0.15) is 0 Å². The molecule has 106 valence electrons. The lowest BCUT2D eigenvalue weighted by molar-refractivity contribution is -0.117. The van der Waals surface area contributed by atoms with Crippen molar-refractivity contribution < 1.29 is 4.79 Å². The summed E-state index contributed by atoms with van der Waals surface area (Å²) < 4.78 is 1.75. The van der Waals surface area contributed by atoms with Gasteiger partial charge in [-0.3, -0.25) is 9.48 Å². The van der Waals surface area contributed by atoms with Crippen LogP contribution in [0.4, 0.5) is 5.69 Å². The minimum Gasteiger partial charge on any atom is -0.323 e. The molecule has 2 N–H and O–H groups in total. The van der Waals surface area contributed by atoms with E-state index < -0.39 is 0 Å². The Morgan fingerprint density at radius 2 is 2.42 bits per heavy atom. The van der Waals surface area contributed by atoms with E-state index in [2.05, 4.69) is 22.7 Å². The van der Waals surface area contributed by atoms with Crippen LogP contribution in [0.25, 0.3) is 0 Å². The van der Waals surface area contributed by atoms with Gasteiger partial charge in [0.25, 0.3) is 0 Å². The summed E-state index contributed by atoms with van der Waals surface area (Å²) in [6.07, 6.45) is 5.65. The maximum absolute atomic E-state index is 12.1. The van der Waals surface area contributed by atoms with Gasteiger partial charge in [0.05, 0.1) is 11.4 Å². The third-order valence-electron chi connectivity index (χ3n) is 3.85. The second-order valence-electron chi connectivity index (χ2n) is 5.45. The van der Waals surface area contributed by atoms with E-state index >= 15 is 0 Å². The Kier molecular flexibility index (Phi) is 4.58. The van der Waals surface area contributed by atoms with E-state index in [0.717, 1.165) is 24.3 Å². The number of amides is 1. The van der Waals surface area contributed by atoms with Crippen LogP contribution in [0.1, 0.15) is 38.8 Å². The third-order valence-corrected chi connectivity index (χ3v) is 3.85. The van der Waals surface area contributed by atoms with E-state index in [1.165, 1.54) is 12.8 Å². The molecule has 1 aromatic rings. The monoisotopic (exact) mass is 264 g/mol. The second-order valence-corrected chi connectivity index (χ2v) is 5.45. The molecule has 0 spiro atoms. The normalized spacial score (nSPS) is 23.3. The Morgan fingerprint density at radius 3 is 3.11 bits per heavy atom. The molecule has 0 bridgehead atoms. The molecule has 5 heteroatoms. The fourth-order valence-electron chi connectivity index (χ4n) is 2.69. The number of nitrogens with zero attached hydrogens (tertiary/aromatic N) is 2. The number of aromatic nitrogens is 2. The highest BCUT2D eigenvalue weighted by Crippen LogP contribution is 2.19. The molecule has 1 aromatic heterocycles. The molecular weight excluding hydrogens is 240 g/mol. The fourth-order valence-corrected chi connectivity index (χ4v) is 2.69. The number of carbonyl (C=O) groups excluding carboxylic acids is 1. The van der Waals surface area contributed by atoms with Gasteiger partial charge >= 0.3 is 0 Å². The smallest absolute Gasteiger partial charge is 0.226 e. The molecule has 2 heterocycles. The quantitative estimate of drug-likeness (QED) is 0.870. The van der Waals surface area contributed by atoms with Gasteiger partial charge < -0.3 is 10.6 Å². The molecule has 1 aliphatic heterocycles. The maximum atomic E-state index is 12.1. The van der Waals surface area contributed by atoms with Crippen molar-refractivity contribution >= 4 is 11.6 Å². The Morgan fingerprint density at radius 1 is 1.63 bits per heavy atom. The van der Waals surface area contributed by atoms with Crippen LogP contribution in [-0.4, -0.2) is 28.3 Å². The van der Waals surface area contributed by atoms with Crippen LogP contribution in [-0.2, 0) is 18.3 Å². The Bertz CT molecular complexity index is 441. The molecule has 2 rings (SSSR count). The van der Waals surface area contributed by atoms with Gasteiger partial charge in [0.2, 0.25) is 5.91 Å². The van der Waals surface area contributed by atoms with Crippen LogP contribution in [0.2, 0.25) is 0 Å². The number of hydrogen-bond acceptors (Lipinski definition) is 3. The predicted octanol–water partition coefficient (Wildman–Crippen LogP) is 1.70. The molecule has 1 fully saturated rings. The second kappa shape index (κ2) is 6.19. The van der Waals surface area contributed by atoms with Crippen LogP contribution < -0.4 is 10.6 Å². The zero-order chi connectivity index (χ0) is 13.8. The van der Waals surface area contributed by atoms with Gasteiger partial charge in [-0.1, -0.05) is 13.8 Å². The third kappa shape index (κ3) is 3.56. The molecule has 1 amide bonds. The van der Waals surface area contributed by atoms with Crippen LogP contribution in [0.5, 0.6) is 0 Å². The van der Waals surface area contributed by atoms with Crippen molar-refractivity contribution in [1.82, 2.24) is 15.1 Å². The van der Waals surface area contributed by atoms with Crippen molar-refractivity contribution in [3.8, 4) is 0 Å². The van der Waals surface area contributed by atoms with Gasteiger partial charge in [0.15, 0.2) is 0 Å². The van der Waals surface area contributed by atoms with Gasteiger partial charge in [-0.05, 0) is 31.7 Å². The van der Waals surface area contributed by atoms with Gasteiger partial charge in [-0.2, -0.15) is 5.10 Å². The number of hydrogen-bond donors (Lipinski definition) is 2. The molecule has 2 atom stereocenters. The molecule has 1 aliphatic rings. The van der Waals surface area contributed by atoms with E-state index in [1.54, 1.807) is 4.68 Å². The average Bonchev–Trinajstić information content (AvgIpc) is 2.72. The molecule has 1 saturated heterocycles. The SMILES string of the molecule is CCc1nn(C)cc1NC(=O)CC1NCCCC1C. The number of anilines is 1. The van der Waals surface area contributed by atoms with E-state index in [4.69, 9.17) is 0 Å². The van der Waals surface area contributed by atoms with Crippen molar-refractivity contribution in [3.05, 3.63) is 11.9 Å². The fraction of sp³-hybridized carbons (Fsp3) is 0.714. The highest BCUT2D eigenvalue weighted by molar-refractivity contribution is 5.91. The van der Waals surface area contributed by atoms with E-state index in [9.17, 15) is 4.79 Å². The minimum absolute atomic E-state index is 0.0777. The molecule has 19 heavy (non-hydrogen) atoms. The molecule has 0 aromatic carbocycles. The van der Waals surface area contributed by atoms with Gasteiger partial charge in [-0.25, -0.2) is 0 Å². The number of rotatable bonds is 4. The maximum Gasteiger partial charge on any atom is 0.226 e. The number of piperidine rings is 1. The van der Waals surface area contributed by atoms with Gasteiger partial charge in [0, 0.05) is 25.7 Å². The van der Waals surface area contributed by atoms with Crippen LogP contribution in [0, 0.1) is 5.92 Å². The summed E-state index contributed by atoms with van der Waals surface area (Å²) in [6, 6.07) is 0.301. The summed E-state index contributed by atoms with van der Waals surface area (Å²) in [5.41, 5.74) is 1.79. The average molecular weight is 264 g/mol. The van der Waals surface area contributed by atoms with Crippen molar-refractivity contribution in [3.63, 3.8) is 0 Å². The summed E-state index contributed by atoms with van der Waals surface area (Å²) in [5.74, 6) is 0.646. The highest BCUT2D eigenvalue weighted by atomic mass is 16.1.